The van der Waals surface area contributed by atoms with Gasteiger partial charge < -0.3 is 20.3 Å². The maximum atomic E-state index is 13.2. The largest absolute Gasteiger partial charge is 0.462 e. The number of rotatable bonds is 46. The molecule has 0 saturated heterocycles. The van der Waals surface area contributed by atoms with E-state index in [9.17, 15) is 19.8 Å². The van der Waals surface area contributed by atoms with Gasteiger partial charge in [0.2, 0.25) is 5.91 Å². The van der Waals surface area contributed by atoms with Gasteiger partial charge in [-0.05, 0) is 51.4 Å². The van der Waals surface area contributed by atoms with Crippen molar-refractivity contribution in [3.63, 3.8) is 0 Å². The zero-order chi connectivity index (χ0) is 42.4. The Hall–Kier alpha value is -1.66. The van der Waals surface area contributed by atoms with E-state index in [0.717, 1.165) is 64.2 Å². The smallest absolute Gasteiger partial charge is 0.306 e. The molecule has 3 unspecified atom stereocenters. The summed E-state index contributed by atoms with van der Waals surface area (Å²) in [6.45, 7) is 6.39. The van der Waals surface area contributed by atoms with Crippen LogP contribution in [0.2, 0.25) is 0 Å². The summed E-state index contributed by atoms with van der Waals surface area (Å²) < 4.78 is 5.93. The van der Waals surface area contributed by atoms with E-state index >= 15 is 0 Å². The standard InChI is InChI=1S/C52H99NO5/c1-4-7-10-13-16-19-22-24-26-29-31-34-37-40-43-48(58-52(57)45-42-39-36-33-30-27-25-23-20-17-14-11-8-5-2)46-51(56)53-49(47-54)50(55)44-41-38-35-32-28-21-18-15-12-9-6-3/h8,11,17,20,48-50,54-55H,4-7,9-10,12-16,18-19,21-47H2,1-3H3,(H,53,56)/b11-8+,20-17+. The molecule has 0 aromatic heterocycles. The number of unbranched alkanes of at least 4 members (excludes halogenated alkanes) is 30. The highest BCUT2D eigenvalue weighted by Gasteiger charge is 2.24. The van der Waals surface area contributed by atoms with Gasteiger partial charge >= 0.3 is 5.97 Å². The van der Waals surface area contributed by atoms with E-state index in [2.05, 4.69) is 50.4 Å². The van der Waals surface area contributed by atoms with E-state index in [0.29, 0.717) is 19.3 Å². The Morgan fingerprint density at radius 2 is 0.931 bits per heavy atom. The van der Waals surface area contributed by atoms with Gasteiger partial charge in [-0.2, -0.15) is 0 Å². The number of esters is 1. The first-order chi connectivity index (χ1) is 28.5. The molecule has 0 saturated carbocycles. The van der Waals surface area contributed by atoms with Gasteiger partial charge in [0.1, 0.15) is 6.10 Å². The van der Waals surface area contributed by atoms with Crippen LogP contribution in [0.15, 0.2) is 24.3 Å². The fourth-order valence-electron chi connectivity index (χ4n) is 7.94. The average molecular weight is 818 g/mol. The van der Waals surface area contributed by atoms with Crippen LogP contribution in [0.4, 0.5) is 0 Å². The third kappa shape index (κ3) is 41.1. The summed E-state index contributed by atoms with van der Waals surface area (Å²) in [5, 5.41) is 23.7. The molecule has 6 heteroatoms. The molecule has 0 fully saturated rings. The van der Waals surface area contributed by atoms with E-state index < -0.39 is 18.2 Å². The fourth-order valence-corrected chi connectivity index (χ4v) is 7.94. The van der Waals surface area contributed by atoms with Crippen LogP contribution in [0.1, 0.15) is 271 Å². The summed E-state index contributed by atoms with van der Waals surface area (Å²) in [7, 11) is 0. The van der Waals surface area contributed by atoms with Gasteiger partial charge in [-0.3, -0.25) is 9.59 Å². The molecule has 0 radical (unpaired) electrons. The number of carbonyl (C=O) groups excluding carboxylic acids is 2. The molecule has 3 N–H and O–H groups in total. The van der Waals surface area contributed by atoms with Crippen LogP contribution >= 0.6 is 0 Å². The van der Waals surface area contributed by atoms with Gasteiger partial charge in [0, 0.05) is 6.42 Å². The van der Waals surface area contributed by atoms with Crippen molar-refractivity contribution < 1.29 is 24.5 Å². The number of allylic oxidation sites excluding steroid dienone is 4. The Morgan fingerprint density at radius 1 is 0.517 bits per heavy atom. The fraction of sp³-hybridized carbons (Fsp3) is 0.885. The van der Waals surface area contributed by atoms with E-state index in [1.165, 1.54) is 161 Å². The molecular formula is C52H99NO5. The molecule has 0 aliphatic heterocycles. The van der Waals surface area contributed by atoms with Crippen molar-refractivity contribution in [2.75, 3.05) is 6.61 Å². The molecule has 0 aromatic carbocycles. The molecule has 6 nitrogen and oxygen atoms in total. The third-order valence-electron chi connectivity index (χ3n) is 11.8. The zero-order valence-corrected chi connectivity index (χ0v) is 38.9. The average Bonchev–Trinajstić information content (AvgIpc) is 3.22. The van der Waals surface area contributed by atoms with Crippen LogP contribution < -0.4 is 5.32 Å². The van der Waals surface area contributed by atoms with Crippen molar-refractivity contribution in [1.29, 1.82) is 0 Å². The van der Waals surface area contributed by atoms with Gasteiger partial charge in [0.15, 0.2) is 0 Å². The molecule has 0 aromatic rings. The summed E-state index contributed by atoms with van der Waals surface area (Å²) in [5.74, 6) is -0.469. The van der Waals surface area contributed by atoms with E-state index in [1.807, 2.05) is 0 Å². The van der Waals surface area contributed by atoms with Crippen LogP contribution in [0.25, 0.3) is 0 Å². The first kappa shape index (κ1) is 56.3. The van der Waals surface area contributed by atoms with Crippen LogP contribution in [-0.2, 0) is 14.3 Å². The first-order valence-corrected chi connectivity index (χ1v) is 25.6. The lowest BCUT2D eigenvalue weighted by Crippen LogP contribution is -2.46. The second kappa shape index (κ2) is 46.4. The Kier molecular flexibility index (Phi) is 45.1. The van der Waals surface area contributed by atoms with Crippen molar-refractivity contribution in [2.45, 2.75) is 289 Å². The van der Waals surface area contributed by atoms with E-state index in [4.69, 9.17) is 4.74 Å². The number of aliphatic hydroxyl groups excluding tert-OH is 2. The highest BCUT2D eigenvalue weighted by molar-refractivity contribution is 5.77. The first-order valence-electron chi connectivity index (χ1n) is 25.6. The molecule has 3 atom stereocenters. The molecule has 1 amide bonds. The summed E-state index contributed by atoms with van der Waals surface area (Å²) in [5.41, 5.74) is 0. The molecule has 0 heterocycles. The monoisotopic (exact) mass is 818 g/mol. The number of carbonyl (C=O) groups is 2. The Morgan fingerprint density at radius 3 is 1.40 bits per heavy atom. The van der Waals surface area contributed by atoms with Crippen molar-refractivity contribution in [3.8, 4) is 0 Å². The lowest BCUT2D eigenvalue weighted by Gasteiger charge is -2.24. The molecule has 0 bridgehead atoms. The summed E-state index contributed by atoms with van der Waals surface area (Å²) >= 11 is 0. The lowest BCUT2D eigenvalue weighted by atomic mass is 10.0. The van der Waals surface area contributed by atoms with Crippen LogP contribution in [-0.4, -0.2) is 46.9 Å². The van der Waals surface area contributed by atoms with Crippen molar-refractivity contribution in [3.05, 3.63) is 24.3 Å². The number of hydrogen-bond donors (Lipinski definition) is 3. The third-order valence-corrected chi connectivity index (χ3v) is 11.8. The number of aliphatic hydroxyl groups is 2. The molecule has 0 rings (SSSR count). The Balaban J connectivity index is 4.56. The molecular weight excluding hydrogens is 719 g/mol. The van der Waals surface area contributed by atoms with Gasteiger partial charge in [0.05, 0.1) is 25.2 Å². The van der Waals surface area contributed by atoms with E-state index in [1.54, 1.807) is 0 Å². The summed E-state index contributed by atoms with van der Waals surface area (Å²) in [6, 6.07) is -0.697. The topological polar surface area (TPSA) is 95.9 Å². The van der Waals surface area contributed by atoms with E-state index in [-0.39, 0.29) is 24.9 Å². The quantitative estimate of drug-likeness (QED) is 0.0323. The summed E-state index contributed by atoms with van der Waals surface area (Å²) in [6.07, 6.45) is 52.3. The molecule has 342 valence electrons. The molecule has 0 aliphatic carbocycles. The number of hydrogen-bond acceptors (Lipinski definition) is 5. The van der Waals surface area contributed by atoms with Gasteiger partial charge in [-0.25, -0.2) is 0 Å². The maximum Gasteiger partial charge on any atom is 0.306 e. The minimum absolute atomic E-state index is 0.0798. The van der Waals surface area contributed by atoms with Crippen molar-refractivity contribution in [2.24, 2.45) is 0 Å². The van der Waals surface area contributed by atoms with Crippen molar-refractivity contribution >= 4 is 11.9 Å². The highest BCUT2D eigenvalue weighted by atomic mass is 16.5. The second-order valence-electron chi connectivity index (χ2n) is 17.5. The Bertz CT molecular complexity index is 919. The zero-order valence-electron chi connectivity index (χ0n) is 38.9. The minimum atomic E-state index is -0.783. The molecule has 0 aliphatic rings. The minimum Gasteiger partial charge on any atom is -0.462 e. The SMILES string of the molecule is CC/C=C/C/C=C/CCCCCCCCCC(=O)OC(CCCCCCCCCCCCCCCC)CC(=O)NC(CO)C(O)CCCCCCCCCCCCC. The predicted molar refractivity (Wildman–Crippen MR) is 250 cm³/mol. The molecule has 58 heavy (non-hydrogen) atoms. The molecule has 0 spiro atoms. The number of nitrogens with one attached hydrogen (secondary N) is 1. The summed E-state index contributed by atoms with van der Waals surface area (Å²) in [4.78, 5) is 26.1. The highest BCUT2D eigenvalue weighted by Crippen LogP contribution is 2.18. The van der Waals surface area contributed by atoms with Crippen LogP contribution in [0.3, 0.4) is 0 Å². The normalized spacial score (nSPS) is 13.4. The van der Waals surface area contributed by atoms with Gasteiger partial charge in [-0.15, -0.1) is 0 Å². The second-order valence-corrected chi connectivity index (χ2v) is 17.5. The van der Waals surface area contributed by atoms with Crippen LogP contribution in [0.5, 0.6) is 0 Å². The lowest BCUT2D eigenvalue weighted by molar-refractivity contribution is -0.151. The number of ether oxygens (including phenoxy) is 1. The van der Waals surface area contributed by atoms with Gasteiger partial charge in [0.25, 0.3) is 0 Å². The Labute approximate surface area is 361 Å². The predicted octanol–water partition coefficient (Wildman–Crippen LogP) is 15.1. The number of amides is 1. The maximum absolute atomic E-state index is 13.2. The van der Waals surface area contributed by atoms with Crippen molar-refractivity contribution in [1.82, 2.24) is 5.32 Å². The van der Waals surface area contributed by atoms with Gasteiger partial charge in [-0.1, -0.05) is 231 Å². The van der Waals surface area contributed by atoms with Crippen LogP contribution in [0, 0.1) is 0 Å².